The first kappa shape index (κ1) is 61.3. The Balaban J connectivity index is 0.000000207. The number of rotatable bonds is 25. The Morgan fingerprint density at radius 1 is 0.733 bits per heavy atom. The third kappa shape index (κ3) is 15.9. The van der Waals surface area contributed by atoms with Gasteiger partial charge in [0, 0.05) is 79.9 Å². The minimum Gasteiger partial charge on any atom is -0.469 e. The fourth-order valence-corrected chi connectivity index (χ4v) is 9.92. The maximum absolute atomic E-state index is 15.2. The number of amides is 3. The van der Waals surface area contributed by atoms with E-state index in [4.69, 9.17) is 28.6 Å². The van der Waals surface area contributed by atoms with Gasteiger partial charge in [0.25, 0.3) is 0 Å². The number of carbonyl (C=O) groups is 5. The standard InChI is InChI=1S/C31H37FN8O6.C27H30FN7O5/c1-37(2)19-29(41)38(3)12-5-4-6-30(42)44-20-23-15-28(35-46-23)27-10-7-21(16-33-27)25-9-8-22(14-26(25)32)40-18-24(45-31(40)43)17-39-13-11-34-36-39;1-29-9-3-4-21(26(36)38-2)25-13-24(32-40-25)23-8-5-17(14-30-23)20-7-6-18(12-22(20)28)35-16-19(39-27(35)37)15-34-11-10-31-33-34/h7-11,13-14,16,23-24H,4-6,12,15,17-20H2,1-3H3;5-8,10-12,14,19,21,25,29H,3-4,9,13,15-16H2,1-2H3/t23-,24-;19-,21?,25-/m00/s1. The molecular formula is C58H67F2N15O11. The molecule has 26 nitrogen and oxygen atoms in total. The van der Waals surface area contributed by atoms with E-state index < -0.39 is 54.2 Å². The van der Waals surface area contributed by atoms with Gasteiger partial charge in [-0.05, 0) is 102 Å². The topological polar surface area (TPSA) is 278 Å². The lowest BCUT2D eigenvalue weighted by Crippen LogP contribution is -2.35. The second-order valence-electron chi connectivity index (χ2n) is 21.1. The minimum absolute atomic E-state index is 0.0363. The Labute approximate surface area is 494 Å². The van der Waals surface area contributed by atoms with Crippen LogP contribution in [-0.2, 0) is 56.1 Å². The number of aromatic nitrogens is 8. The normalized spacial score (nSPS) is 18.3. The Bertz CT molecular complexity index is 3350. The van der Waals surface area contributed by atoms with Crippen LogP contribution in [0.1, 0.15) is 56.3 Å². The number of cyclic esters (lactones) is 2. The van der Waals surface area contributed by atoms with Crippen LogP contribution in [0.3, 0.4) is 0 Å². The second-order valence-corrected chi connectivity index (χ2v) is 21.1. The molecule has 28 heteroatoms. The van der Waals surface area contributed by atoms with Crippen LogP contribution in [0.15, 0.2) is 108 Å². The van der Waals surface area contributed by atoms with E-state index in [-0.39, 0.29) is 44.0 Å². The number of likely N-dealkylation sites (N-methyl/N-ethyl adjacent to an activating group) is 2. The number of anilines is 2. The summed E-state index contributed by atoms with van der Waals surface area (Å²) in [5, 5.41) is 26.6. The molecule has 8 heterocycles. The molecule has 0 bridgehead atoms. The van der Waals surface area contributed by atoms with E-state index in [2.05, 4.69) is 46.2 Å². The van der Waals surface area contributed by atoms with Crippen LogP contribution in [0.2, 0.25) is 0 Å². The average molecular weight is 1190 g/mol. The molecule has 3 amide bonds. The molecule has 454 valence electrons. The van der Waals surface area contributed by atoms with Crippen molar-refractivity contribution in [3.63, 3.8) is 0 Å². The quantitative estimate of drug-likeness (QED) is 0.0420. The lowest BCUT2D eigenvalue weighted by Gasteiger charge is -2.19. The summed E-state index contributed by atoms with van der Waals surface area (Å²) in [5.41, 5.74) is 4.94. The SMILES string of the molecule is CN(C)CC(=O)N(C)CCCCC(=O)OC[C@@H]1CC(c2ccc(-c3ccc(N4C[C@H](Cn5ccnn5)OC4=O)cc3F)cn2)=NO1.CNCCCC(C(=O)OC)[C@@H]1CC(c2ccc(-c3ccc(N4C[C@H](Cn5ccnn5)OC4=O)cc3F)cn2)=NO1. The molecule has 1 unspecified atom stereocenters. The lowest BCUT2D eigenvalue weighted by molar-refractivity contribution is -0.151. The molecular weight excluding hydrogens is 1120 g/mol. The van der Waals surface area contributed by atoms with E-state index in [9.17, 15) is 24.0 Å². The molecule has 4 aliphatic heterocycles. The monoisotopic (exact) mass is 1190 g/mol. The first-order valence-corrected chi connectivity index (χ1v) is 28.0. The highest BCUT2D eigenvalue weighted by atomic mass is 19.1. The van der Waals surface area contributed by atoms with E-state index in [1.54, 1.807) is 107 Å². The zero-order chi connectivity index (χ0) is 60.7. The Morgan fingerprint density at radius 2 is 1.30 bits per heavy atom. The molecule has 2 saturated heterocycles. The number of ether oxygens (including phenoxy) is 4. The van der Waals surface area contributed by atoms with E-state index >= 15 is 8.78 Å². The summed E-state index contributed by atoms with van der Waals surface area (Å²) in [4.78, 5) is 87.5. The van der Waals surface area contributed by atoms with Gasteiger partial charge in [0.1, 0.15) is 48.0 Å². The Morgan fingerprint density at radius 3 is 1.80 bits per heavy atom. The molecule has 2 fully saturated rings. The van der Waals surface area contributed by atoms with Crippen molar-refractivity contribution in [2.45, 2.75) is 82.5 Å². The van der Waals surface area contributed by atoms with Crippen molar-refractivity contribution >= 4 is 52.8 Å². The number of halogens is 2. The van der Waals surface area contributed by atoms with Gasteiger partial charge in [-0.15, -0.1) is 10.2 Å². The predicted octanol–water partition coefficient (Wildman–Crippen LogP) is 5.52. The van der Waals surface area contributed by atoms with Gasteiger partial charge in [-0.1, -0.05) is 32.9 Å². The van der Waals surface area contributed by atoms with E-state index in [0.717, 1.165) is 13.0 Å². The fraction of sp³-hybridized carbons (Fsp3) is 0.431. The summed E-state index contributed by atoms with van der Waals surface area (Å²) in [7, 11) is 8.67. The first-order chi connectivity index (χ1) is 41.6. The second kappa shape index (κ2) is 29.0. The molecule has 0 saturated carbocycles. The van der Waals surface area contributed by atoms with Crippen LogP contribution in [-0.4, -0.2) is 190 Å². The van der Waals surface area contributed by atoms with Crippen molar-refractivity contribution in [1.29, 1.82) is 0 Å². The molecule has 6 aromatic rings. The highest BCUT2D eigenvalue weighted by Gasteiger charge is 2.37. The Kier molecular flexibility index (Phi) is 20.6. The number of oxime groups is 2. The van der Waals surface area contributed by atoms with Crippen LogP contribution in [0.25, 0.3) is 22.3 Å². The van der Waals surface area contributed by atoms with Crippen LogP contribution in [0.4, 0.5) is 29.7 Å². The third-order valence-electron chi connectivity index (χ3n) is 14.5. The maximum atomic E-state index is 15.2. The molecule has 4 aromatic heterocycles. The van der Waals surface area contributed by atoms with E-state index in [0.29, 0.717) is 115 Å². The van der Waals surface area contributed by atoms with Crippen LogP contribution >= 0.6 is 0 Å². The van der Waals surface area contributed by atoms with Crippen molar-refractivity contribution in [2.75, 3.05) is 84.4 Å². The average Bonchev–Trinajstić information content (AvgIpc) is 2.42. The number of carbonyl (C=O) groups excluding carboxylic acids is 5. The molecule has 4 aliphatic rings. The molecule has 10 rings (SSSR count). The molecule has 5 atom stereocenters. The number of methoxy groups -OCH3 is 1. The fourth-order valence-electron chi connectivity index (χ4n) is 9.92. The largest absolute Gasteiger partial charge is 0.469 e. The van der Waals surface area contributed by atoms with Gasteiger partial charge in [0.15, 0.2) is 6.10 Å². The highest BCUT2D eigenvalue weighted by molar-refractivity contribution is 6.01. The predicted molar refractivity (Wildman–Crippen MR) is 306 cm³/mol. The Hall–Kier alpha value is -9.31. The third-order valence-corrected chi connectivity index (χ3v) is 14.5. The first-order valence-electron chi connectivity index (χ1n) is 28.0. The molecule has 2 aromatic carbocycles. The molecule has 1 N–H and O–H groups in total. The lowest BCUT2D eigenvalue weighted by atomic mass is 9.92. The minimum atomic E-state index is -0.552. The van der Waals surface area contributed by atoms with E-state index in [1.165, 1.54) is 29.0 Å². The summed E-state index contributed by atoms with van der Waals surface area (Å²) in [6, 6.07) is 16.1. The van der Waals surface area contributed by atoms with Crippen LogP contribution < -0.4 is 15.1 Å². The van der Waals surface area contributed by atoms with E-state index in [1.807, 2.05) is 26.0 Å². The maximum Gasteiger partial charge on any atom is 0.414 e. The van der Waals surface area contributed by atoms with Gasteiger partial charge in [0.2, 0.25) is 5.91 Å². The number of unbranched alkanes of at least 4 members (excludes halogenated alkanes) is 1. The molecule has 0 radical (unpaired) electrons. The summed E-state index contributed by atoms with van der Waals surface area (Å²) in [5.74, 6) is -2.06. The number of nitrogens with zero attached hydrogens (tertiary/aromatic N) is 14. The van der Waals surface area contributed by atoms with Crippen molar-refractivity contribution < 1.29 is 61.4 Å². The van der Waals surface area contributed by atoms with Crippen LogP contribution in [0, 0.1) is 17.6 Å². The molecule has 86 heavy (non-hydrogen) atoms. The van der Waals surface area contributed by atoms with Crippen molar-refractivity contribution in [3.05, 3.63) is 121 Å². The number of pyridine rings is 2. The zero-order valence-corrected chi connectivity index (χ0v) is 48.2. The van der Waals surface area contributed by atoms with Gasteiger partial charge in [-0.25, -0.2) is 27.7 Å². The smallest absolute Gasteiger partial charge is 0.414 e. The molecule has 0 spiro atoms. The van der Waals surface area contributed by atoms with Crippen molar-refractivity contribution in [3.8, 4) is 22.3 Å². The van der Waals surface area contributed by atoms with Crippen LogP contribution in [0.5, 0.6) is 0 Å². The van der Waals surface area contributed by atoms with Gasteiger partial charge in [-0.3, -0.25) is 34.2 Å². The van der Waals surface area contributed by atoms with Gasteiger partial charge < -0.3 is 43.7 Å². The molecule has 0 aliphatic carbocycles. The zero-order valence-electron chi connectivity index (χ0n) is 48.2. The summed E-state index contributed by atoms with van der Waals surface area (Å²) in [6.45, 7) is 3.01. The van der Waals surface area contributed by atoms with Crippen molar-refractivity contribution in [1.82, 2.24) is 55.1 Å². The van der Waals surface area contributed by atoms with Gasteiger partial charge in [0.05, 0.1) is 80.9 Å². The number of hydrogen-bond donors (Lipinski definition) is 1. The number of benzene rings is 2. The van der Waals surface area contributed by atoms with Crippen molar-refractivity contribution in [2.24, 2.45) is 16.2 Å². The number of esters is 2. The van der Waals surface area contributed by atoms with Gasteiger partial charge in [-0.2, -0.15) is 0 Å². The highest BCUT2D eigenvalue weighted by Crippen LogP contribution is 2.33. The number of hydrogen-bond acceptors (Lipinski definition) is 21. The summed E-state index contributed by atoms with van der Waals surface area (Å²) < 4.78 is 54.7. The summed E-state index contributed by atoms with van der Waals surface area (Å²) in [6.07, 6.45) is 10.5. The number of nitrogens with one attached hydrogen (secondary N) is 1. The van der Waals surface area contributed by atoms with Gasteiger partial charge >= 0.3 is 24.1 Å². The summed E-state index contributed by atoms with van der Waals surface area (Å²) >= 11 is 0.